The summed E-state index contributed by atoms with van der Waals surface area (Å²) < 4.78 is 14.0. The van der Waals surface area contributed by atoms with Crippen LogP contribution in [0.4, 0.5) is 16.2 Å². The van der Waals surface area contributed by atoms with E-state index in [2.05, 4.69) is 34.3 Å². The zero-order chi connectivity index (χ0) is 14.8. The van der Waals surface area contributed by atoms with Crippen molar-refractivity contribution in [1.29, 1.82) is 0 Å². The standard InChI is InChI=1S/C14H24FN5/c1-5-16-13-17-9-11(15)12(18-13)20(4)10-14(19(2)3)7-6-8-14/h9H,5-8,10H2,1-4H3,(H,16,17,18). The Kier molecular flexibility index (Phi) is 4.42. The van der Waals surface area contributed by atoms with Crippen molar-refractivity contribution in [3.8, 4) is 0 Å². The first-order chi connectivity index (χ1) is 9.48. The van der Waals surface area contributed by atoms with Crippen LogP contribution in [0.3, 0.4) is 0 Å². The van der Waals surface area contributed by atoms with E-state index in [1.165, 1.54) is 12.6 Å². The van der Waals surface area contributed by atoms with E-state index in [1.807, 2.05) is 18.9 Å². The highest BCUT2D eigenvalue weighted by Gasteiger charge is 2.40. The number of rotatable bonds is 6. The van der Waals surface area contributed by atoms with Gasteiger partial charge in [-0.15, -0.1) is 0 Å². The molecule has 0 atom stereocenters. The molecule has 0 aromatic carbocycles. The normalized spacial score (nSPS) is 16.9. The van der Waals surface area contributed by atoms with Crippen LogP contribution in [0.2, 0.25) is 0 Å². The van der Waals surface area contributed by atoms with Gasteiger partial charge in [0.2, 0.25) is 5.95 Å². The second-order valence-corrected chi connectivity index (χ2v) is 5.72. The van der Waals surface area contributed by atoms with E-state index in [-0.39, 0.29) is 11.4 Å². The van der Waals surface area contributed by atoms with E-state index in [1.54, 1.807) is 0 Å². The smallest absolute Gasteiger partial charge is 0.224 e. The molecular weight excluding hydrogens is 257 g/mol. The molecule has 0 amide bonds. The molecule has 112 valence electrons. The molecule has 0 saturated heterocycles. The number of nitrogens with zero attached hydrogens (tertiary/aromatic N) is 4. The SMILES string of the molecule is CCNc1ncc(F)c(N(C)CC2(N(C)C)CCC2)n1. The number of aromatic nitrogens is 2. The van der Waals surface area contributed by atoms with Crippen molar-refractivity contribution >= 4 is 11.8 Å². The van der Waals surface area contributed by atoms with Crippen molar-refractivity contribution in [2.75, 3.05) is 44.4 Å². The second-order valence-electron chi connectivity index (χ2n) is 5.72. The third kappa shape index (κ3) is 2.85. The van der Waals surface area contributed by atoms with Crippen LogP contribution in [-0.4, -0.2) is 54.6 Å². The van der Waals surface area contributed by atoms with Gasteiger partial charge in [-0.3, -0.25) is 0 Å². The maximum Gasteiger partial charge on any atom is 0.224 e. The minimum Gasteiger partial charge on any atom is -0.355 e. The molecule has 20 heavy (non-hydrogen) atoms. The van der Waals surface area contributed by atoms with Crippen molar-refractivity contribution in [3.05, 3.63) is 12.0 Å². The Morgan fingerprint density at radius 3 is 2.55 bits per heavy atom. The number of hydrogen-bond donors (Lipinski definition) is 1. The molecule has 1 aliphatic carbocycles. The maximum atomic E-state index is 14.0. The van der Waals surface area contributed by atoms with Crippen LogP contribution < -0.4 is 10.2 Å². The van der Waals surface area contributed by atoms with E-state index in [0.717, 1.165) is 25.9 Å². The van der Waals surface area contributed by atoms with Crippen LogP contribution in [0.25, 0.3) is 0 Å². The summed E-state index contributed by atoms with van der Waals surface area (Å²) >= 11 is 0. The number of nitrogens with one attached hydrogen (secondary N) is 1. The fourth-order valence-electron chi connectivity index (χ4n) is 2.72. The molecule has 0 bridgehead atoms. The second kappa shape index (κ2) is 5.91. The molecule has 6 heteroatoms. The monoisotopic (exact) mass is 281 g/mol. The molecule has 1 N–H and O–H groups in total. The quantitative estimate of drug-likeness (QED) is 0.863. The van der Waals surface area contributed by atoms with Gasteiger partial charge >= 0.3 is 0 Å². The minimum atomic E-state index is -0.373. The molecule has 2 rings (SSSR count). The van der Waals surface area contributed by atoms with Crippen LogP contribution in [0, 0.1) is 5.82 Å². The highest BCUT2D eigenvalue weighted by Crippen LogP contribution is 2.37. The lowest BCUT2D eigenvalue weighted by Crippen LogP contribution is -2.57. The Hall–Kier alpha value is -1.43. The Balaban J connectivity index is 2.16. The highest BCUT2D eigenvalue weighted by atomic mass is 19.1. The summed E-state index contributed by atoms with van der Waals surface area (Å²) in [5.74, 6) is 0.467. The van der Waals surface area contributed by atoms with Crippen molar-refractivity contribution in [1.82, 2.24) is 14.9 Å². The lowest BCUT2D eigenvalue weighted by atomic mass is 9.75. The van der Waals surface area contributed by atoms with E-state index >= 15 is 0 Å². The van der Waals surface area contributed by atoms with Gasteiger partial charge < -0.3 is 15.1 Å². The maximum absolute atomic E-state index is 14.0. The number of hydrogen-bond acceptors (Lipinski definition) is 5. The summed E-state index contributed by atoms with van der Waals surface area (Å²) in [4.78, 5) is 12.4. The van der Waals surface area contributed by atoms with Crippen molar-refractivity contribution < 1.29 is 4.39 Å². The summed E-state index contributed by atoms with van der Waals surface area (Å²) in [6.45, 7) is 3.46. The molecule has 1 aromatic rings. The van der Waals surface area contributed by atoms with Crippen LogP contribution in [0.15, 0.2) is 6.20 Å². The van der Waals surface area contributed by atoms with Gasteiger partial charge in [-0.2, -0.15) is 4.98 Å². The highest BCUT2D eigenvalue weighted by molar-refractivity contribution is 5.43. The van der Waals surface area contributed by atoms with Crippen LogP contribution in [0.5, 0.6) is 0 Å². The van der Waals surface area contributed by atoms with Crippen LogP contribution >= 0.6 is 0 Å². The third-order valence-corrected chi connectivity index (χ3v) is 4.19. The zero-order valence-electron chi connectivity index (χ0n) is 12.8. The Labute approximate surface area is 120 Å². The van der Waals surface area contributed by atoms with Crippen molar-refractivity contribution in [2.24, 2.45) is 0 Å². The fraction of sp³-hybridized carbons (Fsp3) is 0.714. The summed E-state index contributed by atoms with van der Waals surface area (Å²) in [7, 11) is 6.07. The summed E-state index contributed by atoms with van der Waals surface area (Å²) in [5.41, 5.74) is 0.143. The number of likely N-dealkylation sites (N-methyl/N-ethyl adjacent to an activating group) is 2. The van der Waals surface area contributed by atoms with Crippen molar-refractivity contribution in [2.45, 2.75) is 31.7 Å². The van der Waals surface area contributed by atoms with E-state index in [0.29, 0.717) is 11.8 Å². The zero-order valence-corrected chi connectivity index (χ0v) is 12.8. The van der Waals surface area contributed by atoms with Crippen LogP contribution in [-0.2, 0) is 0 Å². The van der Waals surface area contributed by atoms with Gasteiger partial charge in [-0.1, -0.05) is 0 Å². The fourth-order valence-corrected chi connectivity index (χ4v) is 2.72. The van der Waals surface area contributed by atoms with Gasteiger partial charge in [-0.05, 0) is 40.3 Å². The Morgan fingerprint density at radius 1 is 1.35 bits per heavy atom. The molecule has 0 unspecified atom stereocenters. The van der Waals surface area contributed by atoms with E-state index in [4.69, 9.17) is 0 Å². The topological polar surface area (TPSA) is 44.3 Å². The summed E-state index contributed by atoms with van der Waals surface area (Å²) in [6, 6.07) is 0. The van der Waals surface area contributed by atoms with Crippen molar-refractivity contribution in [3.63, 3.8) is 0 Å². The average Bonchev–Trinajstić information content (AvgIpc) is 2.35. The first kappa shape index (κ1) is 15.0. The Morgan fingerprint density at radius 2 is 2.05 bits per heavy atom. The van der Waals surface area contributed by atoms with Gasteiger partial charge in [0.05, 0.1) is 6.20 Å². The van der Waals surface area contributed by atoms with E-state index < -0.39 is 0 Å². The first-order valence-corrected chi connectivity index (χ1v) is 7.13. The molecule has 1 aromatic heterocycles. The van der Waals surface area contributed by atoms with Gasteiger partial charge in [0.15, 0.2) is 11.6 Å². The average molecular weight is 281 g/mol. The first-order valence-electron chi connectivity index (χ1n) is 7.13. The van der Waals surface area contributed by atoms with Gasteiger partial charge in [0, 0.05) is 25.7 Å². The van der Waals surface area contributed by atoms with E-state index in [9.17, 15) is 4.39 Å². The summed E-state index contributed by atoms with van der Waals surface area (Å²) in [5, 5.41) is 3.02. The largest absolute Gasteiger partial charge is 0.355 e. The molecule has 0 spiro atoms. The van der Waals surface area contributed by atoms with Crippen LogP contribution in [0.1, 0.15) is 26.2 Å². The molecule has 5 nitrogen and oxygen atoms in total. The van der Waals surface area contributed by atoms with Gasteiger partial charge in [0.25, 0.3) is 0 Å². The minimum absolute atomic E-state index is 0.143. The van der Waals surface area contributed by atoms with Gasteiger partial charge in [-0.25, -0.2) is 9.37 Å². The third-order valence-electron chi connectivity index (χ3n) is 4.19. The number of halogens is 1. The molecule has 1 aliphatic rings. The molecular formula is C14H24FN5. The predicted molar refractivity (Wildman–Crippen MR) is 79.7 cm³/mol. The number of anilines is 2. The lowest BCUT2D eigenvalue weighted by molar-refractivity contribution is 0.0680. The summed E-state index contributed by atoms with van der Waals surface area (Å²) in [6.07, 6.45) is 4.77. The predicted octanol–water partition coefficient (Wildman–Crippen LogP) is 1.97. The lowest BCUT2D eigenvalue weighted by Gasteiger charge is -2.49. The van der Waals surface area contributed by atoms with Gasteiger partial charge in [0.1, 0.15) is 0 Å². The molecule has 1 heterocycles. The molecule has 1 fully saturated rings. The molecule has 1 saturated carbocycles. The molecule has 0 radical (unpaired) electrons. The Bertz CT molecular complexity index is 459. The molecule has 0 aliphatic heterocycles.